The Morgan fingerprint density at radius 3 is 2.52 bits per heavy atom. The fourth-order valence-corrected chi connectivity index (χ4v) is 6.00. The van der Waals surface area contributed by atoms with Gasteiger partial charge in [-0.15, -0.1) is 11.3 Å². The Bertz CT molecular complexity index is 661. The van der Waals surface area contributed by atoms with Crippen molar-refractivity contribution in [1.29, 1.82) is 0 Å². The van der Waals surface area contributed by atoms with E-state index >= 15 is 0 Å². The van der Waals surface area contributed by atoms with E-state index in [2.05, 4.69) is 33.3 Å². The second kappa shape index (κ2) is 8.16. The summed E-state index contributed by atoms with van der Waals surface area (Å²) in [6.07, 6.45) is 1.16. The number of amides is 1. The molecule has 2 rings (SSSR count). The van der Waals surface area contributed by atoms with E-state index < -0.39 is 10.0 Å². The molecule has 1 amide bonds. The SMILES string of the molecule is C[NH+](C)CC(C)(C)CNC(=O)C1CCN(S(=O)(=O)c2cccs2)CC1. The molecule has 0 unspecified atom stereocenters. The van der Waals surface area contributed by atoms with Gasteiger partial charge in [-0.25, -0.2) is 8.42 Å². The third kappa shape index (κ3) is 5.51. The minimum absolute atomic E-state index is 0.0394. The molecule has 2 N–H and O–H groups in total. The molecule has 1 saturated heterocycles. The molecule has 0 aliphatic carbocycles. The Morgan fingerprint density at radius 1 is 1.36 bits per heavy atom. The number of carbonyl (C=O) groups is 1. The van der Waals surface area contributed by atoms with Crippen LogP contribution in [0.3, 0.4) is 0 Å². The van der Waals surface area contributed by atoms with E-state index in [0.717, 1.165) is 6.54 Å². The maximum absolute atomic E-state index is 12.5. The van der Waals surface area contributed by atoms with Crippen LogP contribution in [0, 0.1) is 11.3 Å². The lowest BCUT2D eigenvalue weighted by Crippen LogP contribution is -3.07. The third-order valence-corrected chi connectivity index (χ3v) is 7.76. The Hall–Kier alpha value is -0.960. The van der Waals surface area contributed by atoms with Crippen molar-refractivity contribution in [2.45, 2.75) is 30.9 Å². The molecule has 0 aromatic carbocycles. The summed E-state index contributed by atoms with van der Waals surface area (Å²) < 4.78 is 26.9. The molecule has 1 aromatic rings. The summed E-state index contributed by atoms with van der Waals surface area (Å²) in [6.45, 7) is 6.73. The molecule has 0 saturated carbocycles. The predicted octanol–water partition coefficient (Wildman–Crippen LogP) is 0.436. The first kappa shape index (κ1) is 20.4. The Kier molecular flexibility index (Phi) is 6.64. The van der Waals surface area contributed by atoms with Crippen LogP contribution in [0.15, 0.2) is 21.7 Å². The third-order valence-electron chi connectivity index (χ3n) is 4.49. The van der Waals surface area contributed by atoms with Crippen molar-refractivity contribution in [1.82, 2.24) is 9.62 Å². The number of carbonyl (C=O) groups excluding carboxylic acids is 1. The van der Waals surface area contributed by atoms with Crippen LogP contribution in [-0.2, 0) is 14.8 Å². The maximum atomic E-state index is 12.5. The van der Waals surface area contributed by atoms with Crippen molar-refractivity contribution in [2.24, 2.45) is 11.3 Å². The highest BCUT2D eigenvalue weighted by Crippen LogP contribution is 2.26. The van der Waals surface area contributed by atoms with E-state index in [1.54, 1.807) is 17.5 Å². The second-order valence-corrected chi connectivity index (χ2v) is 11.0. The van der Waals surface area contributed by atoms with Crippen LogP contribution in [-0.4, -0.2) is 58.9 Å². The van der Waals surface area contributed by atoms with Gasteiger partial charge in [0, 0.05) is 31.0 Å². The summed E-state index contributed by atoms with van der Waals surface area (Å²) in [6, 6.07) is 3.38. The molecule has 1 aliphatic heterocycles. The smallest absolute Gasteiger partial charge is 0.252 e. The van der Waals surface area contributed by atoms with Gasteiger partial charge in [0.25, 0.3) is 10.0 Å². The Morgan fingerprint density at radius 2 is 2.00 bits per heavy atom. The van der Waals surface area contributed by atoms with Crippen molar-refractivity contribution in [3.63, 3.8) is 0 Å². The molecule has 0 radical (unpaired) electrons. The molecule has 25 heavy (non-hydrogen) atoms. The average Bonchev–Trinajstić information content (AvgIpc) is 3.07. The van der Waals surface area contributed by atoms with Crippen LogP contribution in [0.25, 0.3) is 0 Å². The van der Waals surface area contributed by atoms with Crippen LogP contribution < -0.4 is 10.2 Å². The topological polar surface area (TPSA) is 70.9 Å². The maximum Gasteiger partial charge on any atom is 0.252 e. The first-order valence-corrected chi connectivity index (χ1v) is 11.0. The minimum Gasteiger partial charge on any atom is -0.355 e. The lowest BCUT2D eigenvalue weighted by Gasteiger charge is -2.31. The van der Waals surface area contributed by atoms with Crippen molar-refractivity contribution < 1.29 is 18.1 Å². The van der Waals surface area contributed by atoms with Crippen LogP contribution in [0.2, 0.25) is 0 Å². The van der Waals surface area contributed by atoms with Crippen LogP contribution in [0.1, 0.15) is 26.7 Å². The Balaban J connectivity index is 1.84. The summed E-state index contributed by atoms with van der Waals surface area (Å²) in [5.41, 5.74) is 0.0394. The van der Waals surface area contributed by atoms with E-state index in [9.17, 15) is 13.2 Å². The number of sulfonamides is 1. The fraction of sp³-hybridized carbons (Fsp3) is 0.706. The van der Waals surface area contributed by atoms with E-state index in [1.165, 1.54) is 20.5 Å². The van der Waals surface area contributed by atoms with Gasteiger partial charge in [0.2, 0.25) is 5.91 Å². The zero-order valence-electron chi connectivity index (χ0n) is 15.5. The van der Waals surface area contributed by atoms with E-state index in [4.69, 9.17) is 0 Å². The van der Waals surface area contributed by atoms with Gasteiger partial charge in [-0.1, -0.05) is 19.9 Å². The van der Waals surface area contributed by atoms with Gasteiger partial charge in [-0.2, -0.15) is 4.31 Å². The normalized spacial score (nSPS) is 17.8. The van der Waals surface area contributed by atoms with Crippen molar-refractivity contribution in [3.8, 4) is 0 Å². The number of rotatable bonds is 7. The molecule has 1 aromatic heterocycles. The number of nitrogens with one attached hydrogen (secondary N) is 2. The fourth-order valence-electron chi connectivity index (χ4n) is 3.39. The zero-order valence-corrected chi connectivity index (χ0v) is 17.2. The molecular weight excluding hydrogens is 358 g/mol. The van der Waals surface area contributed by atoms with E-state index in [0.29, 0.717) is 36.7 Å². The molecule has 6 nitrogen and oxygen atoms in total. The summed E-state index contributed by atoms with van der Waals surface area (Å²) in [4.78, 5) is 13.8. The van der Waals surface area contributed by atoms with Gasteiger partial charge in [0.05, 0.1) is 20.6 Å². The number of piperidine rings is 1. The number of hydrogen-bond acceptors (Lipinski definition) is 4. The summed E-state index contributed by atoms with van der Waals surface area (Å²) in [5, 5.41) is 4.83. The molecule has 0 atom stereocenters. The van der Waals surface area contributed by atoms with Gasteiger partial charge in [-0.3, -0.25) is 4.79 Å². The molecule has 0 spiro atoms. The number of hydrogen-bond donors (Lipinski definition) is 2. The van der Waals surface area contributed by atoms with Crippen LogP contribution in [0.4, 0.5) is 0 Å². The largest absolute Gasteiger partial charge is 0.355 e. The van der Waals surface area contributed by atoms with E-state index in [1.807, 2.05) is 0 Å². The molecular formula is C17H30N3O3S2+. The zero-order chi connectivity index (χ0) is 18.7. The highest BCUT2D eigenvalue weighted by molar-refractivity contribution is 7.91. The van der Waals surface area contributed by atoms with Crippen molar-refractivity contribution in [2.75, 3.05) is 40.3 Å². The number of nitrogens with zero attached hydrogens (tertiary/aromatic N) is 1. The lowest BCUT2D eigenvalue weighted by molar-refractivity contribution is -0.865. The second-order valence-electron chi connectivity index (χ2n) is 7.88. The van der Waals surface area contributed by atoms with Crippen molar-refractivity contribution in [3.05, 3.63) is 17.5 Å². The van der Waals surface area contributed by atoms with Crippen LogP contribution in [0.5, 0.6) is 0 Å². The first-order valence-electron chi connectivity index (χ1n) is 8.72. The molecule has 8 heteroatoms. The number of thiophene rings is 1. The van der Waals surface area contributed by atoms with Crippen LogP contribution >= 0.6 is 11.3 Å². The first-order chi connectivity index (χ1) is 11.6. The number of quaternary nitrogens is 1. The molecule has 142 valence electrons. The minimum atomic E-state index is -3.40. The monoisotopic (exact) mass is 388 g/mol. The highest BCUT2D eigenvalue weighted by atomic mass is 32.2. The molecule has 2 heterocycles. The predicted molar refractivity (Wildman–Crippen MR) is 100 cm³/mol. The molecule has 1 fully saturated rings. The van der Waals surface area contributed by atoms with Gasteiger partial charge >= 0.3 is 0 Å². The molecule has 1 aliphatic rings. The highest BCUT2D eigenvalue weighted by Gasteiger charge is 2.33. The Labute approximate surface area is 155 Å². The van der Waals surface area contributed by atoms with Crippen molar-refractivity contribution >= 4 is 27.3 Å². The van der Waals surface area contributed by atoms with Gasteiger partial charge in [0.1, 0.15) is 4.21 Å². The summed E-state index contributed by atoms with van der Waals surface area (Å²) in [7, 11) is 0.810. The van der Waals surface area contributed by atoms with Gasteiger partial charge in [0.15, 0.2) is 0 Å². The standard InChI is InChI=1S/C17H29N3O3S2/c1-17(2,13-19(3)4)12-18-16(21)14-7-9-20(10-8-14)25(22,23)15-6-5-11-24-15/h5-6,11,14H,7-10,12-13H2,1-4H3,(H,18,21)/p+1. The van der Waals surface area contributed by atoms with Gasteiger partial charge < -0.3 is 10.2 Å². The quantitative estimate of drug-likeness (QED) is 0.712. The summed E-state index contributed by atoms with van der Waals surface area (Å²) >= 11 is 1.24. The van der Waals surface area contributed by atoms with E-state index in [-0.39, 0.29) is 17.2 Å². The summed E-state index contributed by atoms with van der Waals surface area (Å²) in [5.74, 6) is -0.0488. The average molecular weight is 389 g/mol. The van der Waals surface area contributed by atoms with Gasteiger partial charge in [-0.05, 0) is 24.3 Å². The molecule has 0 bridgehead atoms. The lowest BCUT2D eigenvalue weighted by atomic mass is 9.91.